The van der Waals surface area contributed by atoms with Crippen molar-refractivity contribution in [2.75, 3.05) is 13.7 Å². The second-order valence-electron chi connectivity index (χ2n) is 7.29. The van der Waals surface area contributed by atoms with E-state index in [-0.39, 0.29) is 24.6 Å². The molecule has 0 saturated carbocycles. The van der Waals surface area contributed by atoms with Gasteiger partial charge < -0.3 is 14.2 Å². The van der Waals surface area contributed by atoms with Crippen molar-refractivity contribution in [3.63, 3.8) is 0 Å². The van der Waals surface area contributed by atoms with Crippen molar-refractivity contribution in [1.29, 1.82) is 0 Å². The van der Waals surface area contributed by atoms with Crippen LogP contribution in [0, 0.1) is 13.7 Å². The molecule has 0 unspecified atom stereocenters. The second kappa shape index (κ2) is 12.7. The van der Waals surface area contributed by atoms with Gasteiger partial charge in [0.2, 0.25) is 5.91 Å². The molecule has 3 rings (SSSR count). The van der Waals surface area contributed by atoms with Crippen molar-refractivity contribution in [3.05, 3.63) is 91.0 Å². The van der Waals surface area contributed by atoms with Crippen molar-refractivity contribution >= 4 is 40.4 Å². The number of methoxy groups -OCH3 is 1. The first kappa shape index (κ1) is 25.9. The zero-order valence-electron chi connectivity index (χ0n) is 19.2. The van der Waals surface area contributed by atoms with E-state index in [1.165, 1.54) is 18.3 Å². The lowest BCUT2D eigenvalue weighted by Crippen LogP contribution is -2.19. The van der Waals surface area contributed by atoms with Crippen LogP contribution in [0.4, 0.5) is 5.69 Å². The number of non-ortho nitro benzene ring substituents is 1. The molecule has 1 N–H and O–H groups in total. The Bertz CT molecular complexity index is 1200. The number of amides is 1. The lowest BCUT2D eigenvalue weighted by Gasteiger charge is -2.14. The zero-order chi connectivity index (χ0) is 25.2. The van der Waals surface area contributed by atoms with Crippen LogP contribution < -0.4 is 19.6 Å². The van der Waals surface area contributed by atoms with Crippen LogP contribution in [0.5, 0.6) is 17.2 Å². The molecule has 10 heteroatoms. The molecule has 0 fully saturated rings. The van der Waals surface area contributed by atoms with Gasteiger partial charge in [0, 0.05) is 12.1 Å². The number of carbonyl (C=O) groups is 1. The fourth-order valence-corrected chi connectivity index (χ4v) is 3.86. The van der Waals surface area contributed by atoms with Crippen molar-refractivity contribution in [2.45, 2.75) is 20.0 Å². The van der Waals surface area contributed by atoms with Gasteiger partial charge >= 0.3 is 0 Å². The summed E-state index contributed by atoms with van der Waals surface area (Å²) in [5, 5.41) is 14.9. The number of benzene rings is 3. The molecule has 0 bridgehead atoms. The Balaban J connectivity index is 1.64. The molecule has 0 radical (unpaired) electrons. The second-order valence-corrected chi connectivity index (χ2v) is 8.46. The van der Waals surface area contributed by atoms with E-state index in [2.05, 4.69) is 33.1 Å². The van der Waals surface area contributed by atoms with E-state index in [0.717, 1.165) is 26.0 Å². The molecule has 0 atom stereocenters. The zero-order valence-corrected chi connectivity index (χ0v) is 21.4. The Morgan fingerprint density at radius 1 is 1.09 bits per heavy atom. The van der Waals surface area contributed by atoms with Gasteiger partial charge in [0.15, 0.2) is 11.5 Å². The molecule has 0 saturated heterocycles. The number of nitrogens with zero attached hydrogens (tertiary/aromatic N) is 2. The number of hydrazone groups is 1. The van der Waals surface area contributed by atoms with Gasteiger partial charge in [-0.05, 0) is 82.6 Å². The molecule has 3 aromatic rings. The minimum absolute atomic E-state index is 0.0260. The van der Waals surface area contributed by atoms with Crippen LogP contribution in [-0.4, -0.2) is 30.8 Å². The van der Waals surface area contributed by atoms with E-state index in [0.29, 0.717) is 18.1 Å². The van der Waals surface area contributed by atoms with Gasteiger partial charge in [0.05, 0.1) is 34.8 Å². The highest BCUT2D eigenvalue weighted by Gasteiger charge is 2.13. The average molecular weight is 589 g/mol. The SMILES string of the molecule is CCOc1cc(/C=N\NC(=O)Cc2ccc(OC)cc2)cc(I)c1OCc1ccc([N+](=O)[O-])cc1. The Kier molecular flexibility index (Phi) is 9.41. The van der Waals surface area contributed by atoms with Crippen LogP contribution in [0.1, 0.15) is 23.6 Å². The number of rotatable bonds is 11. The molecular formula is C25H24IN3O6. The third-order valence-corrected chi connectivity index (χ3v) is 5.59. The number of carbonyl (C=O) groups excluding carboxylic acids is 1. The third kappa shape index (κ3) is 7.67. The number of nitro groups is 1. The molecule has 3 aromatic carbocycles. The van der Waals surface area contributed by atoms with Crippen LogP contribution in [0.3, 0.4) is 0 Å². The summed E-state index contributed by atoms with van der Waals surface area (Å²) < 4.78 is 17.6. The molecule has 0 aliphatic heterocycles. The summed E-state index contributed by atoms with van der Waals surface area (Å²) in [6.07, 6.45) is 1.73. The molecule has 0 aromatic heterocycles. The molecule has 0 heterocycles. The fourth-order valence-electron chi connectivity index (χ4n) is 3.08. The molecule has 0 aliphatic carbocycles. The minimum Gasteiger partial charge on any atom is -0.497 e. The number of hydrogen-bond acceptors (Lipinski definition) is 7. The molecule has 9 nitrogen and oxygen atoms in total. The maximum absolute atomic E-state index is 12.2. The Hall–Kier alpha value is -3.67. The lowest BCUT2D eigenvalue weighted by atomic mass is 10.1. The maximum atomic E-state index is 12.2. The van der Waals surface area contributed by atoms with Crippen LogP contribution in [0.15, 0.2) is 65.8 Å². The van der Waals surface area contributed by atoms with Crippen molar-refractivity contribution in [3.8, 4) is 17.2 Å². The first-order valence-electron chi connectivity index (χ1n) is 10.7. The summed E-state index contributed by atoms with van der Waals surface area (Å²) in [6, 6.07) is 17.1. The maximum Gasteiger partial charge on any atom is 0.269 e. The van der Waals surface area contributed by atoms with Crippen molar-refractivity contribution < 1.29 is 23.9 Å². The largest absolute Gasteiger partial charge is 0.497 e. The van der Waals surface area contributed by atoms with Gasteiger partial charge in [-0.25, -0.2) is 5.43 Å². The summed E-state index contributed by atoms with van der Waals surface area (Å²) in [5.41, 5.74) is 4.92. The van der Waals surface area contributed by atoms with E-state index in [1.807, 2.05) is 25.1 Å². The van der Waals surface area contributed by atoms with Gasteiger partial charge in [-0.1, -0.05) is 12.1 Å². The van der Waals surface area contributed by atoms with Crippen LogP contribution in [-0.2, 0) is 17.8 Å². The number of ether oxygens (including phenoxy) is 3. The smallest absolute Gasteiger partial charge is 0.269 e. The highest BCUT2D eigenvalue weighted by molar-refractivity contribution is 14.1. The highest BCUT2D eigenvalue weighted by Crippen LogP contribution is 2.34. The Morgan fingerprint density at radius 2 is 1.77 bits per heavy atom. The molecule has 1 amide bonds. The predicted molar refractivity (Wildman–Crippen MR) is 140 cm³/mol. The number of nitrogens with one attached hydrogen (secondary N) is 1. The monoisotopic (exact) mass is 589 g/mol. The van der Waals surface area contributed by atoms with Crippen molar-refractivity contribution in [2.24, 2.45) is 5.10 Å². The summed E-state index contributed by atoms with van der Waals surface area (Å²) >= 11 is 2.14. The first-order chi connectivity index (χ1) is 16.9. The molecule has 0 aliphatic rings. The molecule has 35 heavy (non-hydrogen) atoms. The van der Waals surface area contributed by atoms with E-state index < -0.39 is 4.92 Å². The predicted octanol–water partition coefficient (Wildman–Crippen LogP) is 4.88. The highest BCUT2D eigenvalue weighted by atomic mass is 127. The first-order valence-corrected chi connectivity index (χ1v) is 11.7. The number of halogens is 1. The van der Waals surface area contributed by atoms with Crippen LogP contribution in [0.2, 0.25) is 0 Å². The third-order valence-electron chi connectivity index (χ3n) is 4.79. The lowest BCUT2D eigenvalue weighted by molar-refractivity contribution is -0.384. The molecular weight excluding hydrogens is 565 g/mol. The van der Waals surface area contributed by atoms with Crippen LogP contribution >= 0.6 is 22.6 Å². The topological polar surface area (TPSA) is 112 Å². The van der Waals surface area contributed by atoms with Gasteiger partial charge in [0.25, 0.3) is 5.69 Å². The van der Waals surface area contributed by atoms with Gasteiger partial charge in [-0.2, -0.15) is 5.10 Å². The van der Waals surface area contributed by atoms with Crippen LogP contribution in [0.25, 0.3) is 0 Å². The number of nitro benzene ring substituents is 1. The van der Waals surface area contributed by atoms with E-state index >= 15 is 0 Å². The fraction of sp³-hybridized carbons (Fsp3) is 0.200. The summed E-state index contributed by atoms with van der Waals surface area (Å²) in [5.74, 6) is 1.58. The normalized spacial score (nSPS) is 10.7. The van der Waals surface area contributed by atoms with E-state index in [1.54, 1.807) is 37.4 Å². The molecule has 0 spiro atoms. The molecule has 182 valence electrons. The van der Waals surface area contributed by atoms with Gasteiger partial charge in [0.1, 0.15) is 12.4 Å². The van der Waals surface area contributed by atoms with Gasteiger partial charge in [-0.15, -0.1) is 0 Å². The summed E-state index contributed by atoms with van der Waals surface area (Å²) in [4.78, 5) is 22.6. The standard InChI is InChI=1S/C25H24IN3O6/c1-3-34-23-13-19(15-27-28-24(30)14-17-6-10-21(33-2)11-7-17)12-22(26)25(23)35-16-18-4-8-20(9-5-18)29(31)32/h4-13,15H,3,14,16H2,1-2H3,(H,28,30)/b27-15-. The Morgan fingerprint density at radius 3 is 2.40 bits per heavy atom. The quantitative estimate of drug-likeness (QED) is 0.148. The minimum atomic E-state index is -0.442. The van der Waals surface area contributed by atoms with Gasteiger partial charge in [-0.3, -0.25) is 14.9 Å². The van der Waals surface area contributed by atoms with E-state index in [4.69, 9.17) is 14.2 Å². The summed E-state index contributed by atoms with van der Waals surface area (Å²) in [6.45, 7) is 2.53. The van der Waals surface area contributed by atoms with E-state index in [9.17, 15) is 14.9 Å². The number of hydrogen-bond donors (Lipinski definition) is 1. The summed E-state index contributed by atoms with van der Waals surface area (Å²) in [7, 11) is 1.59. The Labute approximate surface area is 216 Å². The average Bonchev–Trinajstić information content (AvgIpc) is 2.84. The van der Waals surface area contributed by atoms with Crippen molar-refractivity contribution in [1.82, 2.24) is 5.43 Å².